The number of tetrazole rings is 1. The van der Waals surface area contributed by atoms with Crippen LogP contribution in [0.4, 0.5) is 5.69 Å². The van der Waals surface area contributed by atoms with Crippen LogP contribution >= 0.6 is 0 Å². The van der Waals surface area contributed by atoms with Gasteiger partial charge in [0.05, 0.1) is 5.69 Å². The Morgan fingerprint density at radius 3 is 2.79 bits per heavy atom. The minimum atomic E-state index is -0.556. The van der Waals surface area contributed by atoms with Crippen molar-refractivity contribution in [3.05, 3.63) is 24.3 Å². The standard InChI is InChI=1S/C11H12N6O2/c1-7(18)13-9-5-3-2-4-8(9)11-14-16-17(15-11)6-10(12)19/h2-5H,6H2,1H3,(H2,12,19)(H,13,18). The monoisotopic (exact) mass is 260 g/mol. The molecule has 0 aliphatic heterocycles. The summed E-state index contributed by atoms with van der Waals surface area (Å²) >= 11 is 0. The van der Waals surface area contributed by atoms with E-state index in [1.807, 2.05) is 0 Å². The van der Waals surface area contributed by atoms with Crippen LogP contribution in [-0.2, 0) is 16.1 Å². The van der Waals surface area contributed by atoms with Crippen LogP contribution in [0.15, 0.2) is 24.3 Å². The number of nitrogens with two attached hydrogens (primary N) is 1. The molecule has 0 saturated heterocycles. The molecule has 0 spiro atoms. The molecule has 0 unspecified atom stereocenters. The molecule has 1 aromatic heterocycles. The first-order valence-corrected chi connectivity index (χ1v) is 5.49. The third-order valence-electron chi connectivity index (χ3n) is 2.23. The quantitative estimate of drug-likeness (QED) is 0.788. The predicted octanol–water partition coefficient (Wildman–Crippen LogP) is -0.216. The van der Waals surface area contributed by atoms with Crippen molar-refractivity contribution in [3.8, 4) is 11.4 Å². The number of carbonyl (C=O) groups is 2. The van der Waals surface area contributed by atoms with Crippen molar-refractivity contribution in [1.29, 1.82) is 0 Å². The molecule has 0 atom stereocenters. The molecular weight excluding hydrogens is 248 g/mol. The Balaban J connectivity index is 2.33. The minimum absolute atomic E-state index is 0.144. The van der Waals surface area contributed by atoms with E-state index in [1.54, 1.807) is 24.3 Å². The fourth-order valence-corrected chi connectivity index (χ4v) is 1.53. The number of rotatable bonds is 4. The van der Waals surface area contributed by atoms with E-state index in [-0.39, 0.29) is 12.5 Å². The van der Waals surface area contributed by atoms with Gasteiger partial charge in [-0.05, 0) is 17.3 Å². The molecule has 2 amide bonds. The summed E-state index contributed by atoms with van der Waals surface area (Å²) in [6, 6.07) is 7.04. The van der Waals surface area contributed by atoms with E-state index in [0.717, 1.165) is 4.80 Å². The molecule has 0 aliphatic carbocycles. The minimum Gasteiger partial charge on any atom is -0.368 e. The van der Waals surface area contributed by atoms with Crippen LogP contribution in [-0.4, -0.2) is 32.0 Å². The van der Waals surface area contributed by atoms with Gasteiger partial charge >= 0.3 is 0 Å². The molecule has 1 heterocycles. The molecule has 8 nitrogen and oxygen atoms in total. The fourth-order valence-electron chi connectivity index (χ4n) is 1.53. The van der Waals surface area contributed by atoms with Gasteiger partial charge in [-0.2, -0.15) is 4.80 Å². The van der Waals surface area contributed by atoms with Crippen LogP contribution in [0.5, 0.6) is 0 Å². The largest absolute Gasteiger partial charge is 0.368 e. The number of nitrogens with zero attached hydrogens (tertiary/aromatic N) is 4. The molecule has 8 heteroatoms. The van der Waals surface area contributed by atoms with Gasteiger partial charge in [0.1, 0.15) is 6.54 Å². The number of aromatic nitrogens is 4. The molecule has 0 fully saturated rings. The number of hydrogen-bond donors (Lipinski definition) is 2. The Kier molecular flexibility index (Phi) is 3.51. The van der Waals surface area contributed by atoms with Crippen LogP contribution in [0.25, 0.3) is 11.4 Å². The van der Waals surface area contributed by atoms with Crippen LogP contribution in [0.3, 0.4) is 0 Å². The highest BCUT2D eigenvalue weighted by Gasteiger charge is 2.12. The van der Waals surface area contributed by atoms with Crippen molar-refractivity contribution in [3.63, 3.8) is 0 Å². The molecular formula is C11H12N6O2. The maximum atomic E-state index is 11.1. The molecule has 2 rings (SSSR count). The van der Waals surface area contributed by atoms with Gasteiger partial charge in [-0.1, -0.05) is 12.1 Å². The summed E-state index contributed by atoms with van der Waals surface area (Å²) in [6.45, 7) is 1.27. The highest BCUT2D eigenvalue weighted by molar-refractivity contribution is 5.93. The fraction of sp³-hybridized carbons (Fsp3) is 0.182. The molecule has 3 N–H and O–H groups in total. The summed E-state index contributed by atoms with van der Waals surface area (Å²) in [5.74, 6) is -0.443. The van der Waals surface area contributed by atoms with Gasteiger partial charge in [-0.25, -0.2) is 0 Å². The Hall–Kier alpha value is -2.77. The number of nitrogens with one attached hydrogen (secondary N) is 1. The van der Waals surface area contributed by atoms with Gasteiger partial charge in [0.15, 0.2) is 0 Å². The normalized spacial score (nSPS) is 10.2. The first-order chi connectivity index (χ1) is 9.06. The number of carbonyl (C=O) groups excluding carboxylic acids is 2. The smallest absolute Gasteiger partial charge is 0.241 e. The lowest BCUT2D eigenvalue weighted by molar-refractivity contribution is -0.119. The van der Waals surface area contributed by atoms with E-state index in [2.05, 4.69) is 20.7 Å². The zero-order valence-electron chi connectivity index (χ0n) is 10.2. The van der Waals surface area contributed by atoms with Crippen molar-refractivity contribution in [1.82, 2.24) is 20.2 Å². The second-order valence-corrected chi connectivity index (χ2v) is 3.84. The Morgan fingerprint density at radius 2 is 2.11 bits per heavy atom. The van der Waals surface area contributed by atoms with Gasteiger partial charge in [-0.3, -0.25) is 9.59 Å². The molecule has 98 valence electrons. The van der Waals surface area contributed by atoms with Gasteiger partial charge < -0.3 is 11.1 Å². The van der Waals surface area contributed by atoms with Crippen molar-refractivity contribution in [2.24, 2.45) is 5.73 Å². The summed E-state index contributed by atoms with van der Waals surface area (Å²) in [5, 5.41) is 14.3. The predicted molar refractivity (Wildman–Crippen MR) is 66.8 cm³/mol. The van der Waals surface area contributed by atoms with Crippen molar-refractivity contribution in [2.45, 2.75) is 13.5 Å². The SMILES string of the molecule is CC(=O)Nc1ccccc1-c1nnn(CC(N)=O)n1. The lowest BCUT2D eigenvalue weighted by Gasteiger charge is -2.05. The van der Waals surface area contributed by atoms with Crippen LogP contribution in [0, 0.1) is 0 Å². The summed E-state index contributed by atoms with van der Waals surface area (Å²) in [7, 11) is 0. The lowest BCUT2D eigenvalue weighted by atomic mass is 10.1. The molecule has 1 aromatic carbocycles. The van der Waals surface area contributed by atoms with Crippen LogP contribution in [0.1, 0.15) is 6.92 Å². The summed E-state index contributed by atoms with van der Waals surface area (Å²) in [5.41, 5.74) is 6.24. The summed E-state index contributed by atoms with van der Waals surface area (Å²) < 4.78 is 0. The lowest BCUT2D eigenvalue weighted by Crippen LogP contribution is -2.20. The molecule has 19 heavy (non-hydrogen) atoms. The molecule has 0 saturated carbocycles. The van der Waals surface area contributed by atoms with Crippen molar-refractivity contribution < 1.29 is 9.59 Å². The maximum Gasteiger partial charge on any atom is 0.241 e. The summed E-state index contributed by atoms with van der Waals surface area (Å²) in [4.78, 5) is 23.0. The highest BCUT2D eigenvalue weighted by atomic mass is 16.1. The van der Waals surface area contributed by atoms with E-state index in [9.17, 15) is 9.59 Å². The average Bonchev–Trinajstić information content (AvgIpc) is 2.76. The first-order valence-electron chi connectivity index (χ1n) is 5.49. The van der Waals surface area contributed by atoms with E-state index in [4.69, 9.17) is 5.73 Å². The number of primary amides is 1. The zero-order chi connectivity index (χ0) is 13.8. The maximum absolute atomic E-state index is 11.1. The average molecular weight is 260 g/mol. The summed E-state index contributed by atoms with van der Waals surface area (Å²) in [6.07, 6.45) is 0. The highest BCUT2D eigenvalue weighted by Crippen LogP contribution is 2.23. The first kappa shape index (κ1) is 12.7. The van der Waals surface area contributed by atoms with E-state index in [1.165, 1.54) is 6.92 Å². The number of amides is 2. The van der Waals surface area contributed by atoms with Gasteiger partial charge in [-0.15, -0.1) is 10.2 Å². The second kappa shape index (κ2) is 5.25. The molecule has 0 aliphatic rings. The van der Waals surface area contributed by atoms with Gasteiger partial charge in [0.2, 0.25) is 17.6 Å². The number of para-hydroxylation sites is 1. The van der Waals surface area contributed by atoms with Crippen molar-refractivity contribution >= 4 is 17.5 Å². The topological polar surface area (TPSA) is 116 Å². The van der Waals surface area contributed by atoms with Crippen molar-refractivity contribution in [2.75, 3.05) is 5.32 Å². The third-order valence-corrected chi connectivity index (χ3v) is 2.23. The molecule has 0 bridgehead atoms. The third kappa shape index (κ3) is 3.12. The van der Waals surface area contributed by atoms with Gasteiger partial charge in [0, 0.05) is 12.5 Å². The Bertz CT molecular complexity index is 621. The van der Waals surface area contributed by atoms with Gasteiger partial charge in [0.25, 0.3) is 0 Å². The second-order valence-electron chi connectivity index (χ2n) is 3.84. The van der Waals surface area contributed by atoms with E-state index >= 15 is 0 Å². The number of anilines is 1. The number of hydrogen-bond acceptors (Lipinski definition) is 5. The van der Waals surface area contributed by atoms with Crippen LogP contribution in [0.2, 0.25) is 0 Å². The molecule has 2 aromatic rings. The Labute approximate surface area is 108 Å². The van der Waals surface area contributed by atoms with E-state index in [0.29, 0.717) is 17.1 Å². The zero-order valence-corrected chi connectivity index (χ0v) is 10.2. The molecule has 0 radical (unpaired) electrons. The number of benzene rings is 1. The van der Waals surface area contributed by atoms with E-state index < -0.39 is 5.91 Å². The Morgan fingerprint density at radius 1 is 1.37 bits per heavy atom. The van der Waals surface area contributed by atoms with Crippen LogP contribution < -0.4 is 11.1 Å².